The molecule has 0 radical (unpaired) electrons. The van der Waals surface area contributed by atoms with Crippen LogP contribution in [-0.4, -0.2) is 28.3 Å². The number of nitrogens with zero attached hydrogens (tertiary/aromatic N) is 1. The number of hydrogen-bond donors (Lipinski definition) is 3. The quantitative estimate of drug-likeness (QED) is 0.578. The highest BCUT2D eigenvalue weighted by Crippen LogP contribution is 2.13. The van der Waals surface area contributed by atoms with E-state index in [2.05, 4.69) is 0 Å². The molecule has 0 aromatic carbocycles. The zero-order chi connectivity index (χ0) is 12.4. The summed E-state index contributed by atoms with van der Waals surface area (Å²) in [5, 5.41) is 21.9. The van der Waals surface area contributed by atoms with Gasteiger partial charge in [-0.2, -0.15) is 18.4 Å². The van der Waals surface area contributed by atoms with Crippen molar-refractivity contribution in [3.63, 3.8) is 0 Å². The fourth-order valence-electron chi connectivity index (χ4n) is 0. The third kappa shape index (κ3) is 72.2. The summed E-state index contributed by atoms with van der Waals surface area (Å²) in [5.74, 6) is -3.59. The highest BCUT2D eigenvalue weighted by molar-refractivity contribution is 5.73. The number of carbonyl (C=O) groups is 2. The van der Waals surface area contributed by atoms with E-state index < -0.39 is 18.1 Å². The zero-order valence-corrected chi connectivity index (χ0v) is 8.00. The first-order chi connectivity index (χ1) is 6.09. The first-order valence-electron chi connectivity index (χ1n) is 2.90. The molecule has 0 aliphatic carbocycles. The number of carboxylic acids is 2. The van der Waals surface area contributed by atoms with E-state index in [1.54, 1.807) is 6.07 Å². The largest absolute Gasteiger partial charge is 0.490 e. The summed E-state index contributed by atoms with van der Waals surface area (Å²) in [7, 11) is 0. The highest BCUT2D eigenvalue weighted by atomic mass is 19.4. The molecule has 0 aliphatic rings. The predicted octanol–water partition coefficient (Wildman–Crippen LogP) is 1.42. The molecule has 0 atom stereocenters. The first kappa shape index (κ1) is 23.2. The molecule has 0 heterocycles. The number of rotatable bonds is 0. The Bertz CT molecular complexity index is 217. The number of hydrogen-bond acceptors (Lipinski definition) is 4. The smallest absolute Gasteiger partial charge is 0.481 e. The second kappa shape index (κ2) is 12.2. The first-order valence-corrected chi connectivity index (χ1v) is 2.90. The van der Waals surface area contributed by atoms with Crippen LogP contribution in [0.2, 0.25) is 0 Å². The van der Waals surface area contributed by atoms with Gasteiger partial charge in [-0.3, -0.25) is 4.79 Å². The van der Waals surface area contributed by atoms with E-state index >= 15 is 0 Å². The topological polar surface area (TPSA) is 133 Å². The molecule has 0 bridgehead atoms. The summed E-state index contributed by atoms with van der Waals surface area (Å²) in [6.45, 7) is 2.51. The van der Waals surface area contributed by atoms with Crippen molar-refractivity contribution in [2.75, 3.05) is 0 Å². The van der Waals surface area contributed by atoms with Crippen LogP contribution in [-0.2, 0) is 9.59 Å². The monoisotopic (exact) mass is 232 g/mol. The Balaban J connectivity index is -0.0000000654. The van der Waals surface area contributed by atoms with Crippen molar-refractivity contribution in [1.82, 2.24) is 6.15 Å². The second-order valence-corrected chi connectivity index (χ2v) is 1.55. The van der Waals surface area contributed by atoms with Gasteiger partial charge >= 0.3 is 12.1 Å². The zero-order valence-electron chi connectivity index (χ0n) is 8.00. The lowest BCUT2D eigenvalue weighted by molar-refractivity contribution is -0.192. The Labute approximate surface area is 83.5 Å². The number of carboxylic acid groups (broad SMARTS) is 2. The van der Waals surface area contributed by atoms with Crippen LogP contribution in [0.25, 0.3) is 0 Å². The van der Waals surface area contributed by atoms with Crippen molar-refractivity contribution in [3.05, 3.63) is 0 Å². The van der Waals surface area contributed by atoms with E-state index in [1.807, 2.05) is 0 Å². The second-order valence-electron chi connectivity index (χ2n) is 1.55. The molecule has 0 fully saturated rings. The van der Waals surface area contributed by atoms with E-state index in [0.717, 1.165) is 6.92 Å². The summed E-state index contributed by atoms with van der Waals surface area (Å²) in [6.07, 6.45) is -5.08. The molecule has 0 rings (SSSR count). The summed E-state index contributed by atoms with van der Waals surface area (Å²) in [6, 6.07) is 1.75. The molecule has 15 heavy (non-hydrogen) atoms. The highest BCUT2D eigenvalue weighted by Gasteiger charge is 2.38. The Morgan fingerprint density at radius 2 is 1.33 bits per heavy atom. The lowest BCUT2D eigenvalue weighted by atomic mass is 10.7. The molecule has 9 heteroatoms. The average molecular weight is 232 g/mol. The van der Waals surface area contributed by atoms with E-state index in [1.165, 1.54) is 6.92 Å². The van der Waals surface area contributed by atoms with Gasteiger partial charge in [0, 0.05) is 13.8 Å². The molecule has 0 aromatic rings. The SMILES string of the molecule is CC#N.CC(=O)O.N.O=C(O)C(F)(F)F. The van der Waals surface area contributed by atoms with Gasteiger partial charge < -0.3 is 16.4 Å². The van der Waals surface area contributed by atoms with E-state index in [-0.39, 0.29) is 6.15 Å². The summed E-state index contributed by atoms with van der Waals surface area (Å²) < 4.78 is 31.7. The maximum atomic E-state index is 10.6. The van der Waals surface area contributed by atoms with Gasteiger partial charge in [-0.15, -0.1) is 0 Å². The molecule has 0 saturated carbocycles. The van der Waals surface area contributed by atoms with Gasteiger partial charge in [0.2, 0.25) is 0 Å². The fourth-order valence-corrected chi connectivity index (χ4v) is 0. The molecule has 0 unspecified atom stereocenters. The van der Waals surface area contributed by atoms with Crippen molar-refractivity contribution >= 4 is 11.9 Å². The van der Waals surface area contributed by atoms with Crippen molar-refractivity contribution < 1.29 is 33.0 Å². The number of halogens is 3. The molecular formula is C6H11F3N2O4. The average Bonchev–Trinajstić information content (AvgIpc) is 1.84. The fraction of sp³-hybridized carbons (Fsp3) is 0.500. The Morgan fingerprint density at radius 1 is 1.27 bits per heavy atom. The molecule has 90 valence electrons. The molecule has 0 spiro atoms. The normalized spacial score (nSPS) is 7.47. The minimum atomic E-state index is -5.08. The molecule has 0 amide bonds. The van der Waals surface area contributed by atoms with Crippen LogP contribution in [0.5, 0.6) is 0 Å². The van der Waals surface area contributed by atoms with Crippen LogP contribution in [0.1, 0.15) is 13.8 Å². The van der Waals surface area contributed by atoms with Crippen molar-refractivity contribution in [1.29, 1.82) is 5.26 Å². The van der Waals surface area contributed by atoms with Gasteiger partial charge in [0.05, 0.1) is 6.07 Å². The molecular weight excluding hydrogens is 221 g/mol. The van der Waals surface area contributed by atoms with Crippen LogP contribution in [0.15, 0.2) is 0 Å². The maximum absolute atomic E-state index is 10.6. The lowest BCUT2D eigenvalue weighted by Crippen LogP contribution is -2.21. The predicted molar refractivity (Wildman–Crippen MR) is 43.3 cm³/mol. The number of alkyl halides is 3. The van der Waals surface area contributed by atoms with Crippen LogP contribution in [0, 0.1) is 11.3 Å². The van der Waals surface area contributed by atoms with Crippen molar-refractivity contribution in [2.24, 2.45) is 0 Å². The summed E-state index contributed by atoms with van der Waals surface area (Å²) in [4.78, 5) is 17.9. The van der Waals surface area contributed by atoms with Gasteiger partial charge in [-0.05, 0) is 0 Å². The number of nitriles is 1. The number of aliphatic carboxylic acids is 2. The van der Waals surface area contributed by atoms with Crippen LogP contribution >= 0.6 is 0 Å². The van der Waals surface area contributed by atoms with Gasteiger partial charge in [0.1, 0.15) is 0 Å². The van der Waals surface area contributed by atoms with Crippen LogP contribution in [0.3, 0.4) is 0 Å². The Morgan fingerprint density at radius 3 is 1.33 bits per heavy atom. The standard InChI is InChI=1S/C2HF3O2.C2H3N.C2H4O2.H3N/c3-2(4,5)1(6)7;1-2-3;1-2(3)4;/h(H,6,7);1H3;1H3,(H,3,4);1H3. The van der Waals surface area contributed by atoms with Gasteiger partial charge in [-0.1, -0.05) is 0 Å². The van der Waals surface area contributed by atoms with Gasteiger partial charge in [0.15, 0.2) is 0 Å². The van der Waals surface area contributed by atoms with Crippen molar-refractivity contribution in [3.8, 4) is 6.07 Å². The third-order valence-electron chi connectivity index (χ3n) is 0.243. The molecule has 6 nitrogen and oxygen atoms in total. The summed E-state index contributed by atoms with van der Waals surface area (Å²) >= 11 is 0. The van der Waals surface area contributed by atoms with Crippen LogP contribution < -0.4 is 6.15 Å². The van der Waals surface area contributed by atoms with Gasteiger partial charge in [0.25, 0.3) is 5.97 Å². The third-order valence-corrected chi connectivity index (χ3v) is 0.243. The van der Waals surface area contributed by atoms with Crippen LogP contribution in [0.4, 0.5) is 13.2 Å². The lowest BCUT2D eigenvalue weighted by Gasteiger charge is -1.93. The molecule has 0 aliphatic heterocycles. The van der Waals surface area contributed by atoms with E-state index in [4.69, 9.17) is 25.1 Å². The minimum absolute atomic E-state index is 0. The van der Waals surface area contributed by atoms with Crippen molar-refractivity contribution in [2.45, 2.75) is 20.0 Å². The maximum Gasteiger partial charge on any atom is 0.490 e. The molecule has 0 aromatic heterocycles. The summed E-state index contributed by atoms with van der Waals surface area (Å²) in [5.41, 5.74) is 0. The van der Waals surface area contributed by atoms with E-state index in [0.29, 0.717) is 0 Å². The minimum Gasteiger partial charge on any atom is -0.481 e. The van der Waals surface area contributed by atoms with E-state index in [9.17, 15) is 13.2 Å². The molecule has 5 N–H and O–H groups in total. The molecule has 0 saturated heterocycles. The Hall–Kier alpha value is -1.82. The Kier molecular flexibility index (Phi) is 18.8. The van der Waals surface area contributed by atoms with Gasteiger partial charge in [-0.25, -0.2) is 4.79 Å².